The summed E-state index contributed by atoms with van der Waals surface area (Å²) in [5.74, 6) is -1.63. The van der Waals surface area contributed by atoms with Gasteiger partial charge < -0.3 is 10.1 Å². The predicted molar refractivity (Wildman–Crippen MR) is 98.4 cm³/mol. The van der Waals surface area contributed by atoms with Crippen LogP contribution in [0.3, 0.4) is 0 Å². The summed E-state index contributed by atoms with van der Waals surface area (Å²) in [7, 11) is 0. The molecule has 140 valence electrons. The molecule has 0 aliphatic carbocycles. The van der Waals surface area contributed by atoms with E-state index in [1.54, 1.807) is 38.1 Å². The highest BCUT2D eigenvalue weighted by molar-refractivity contribution is 6.09. The van der Waals surface area contributed by atoms with Crippen LogP contribution in [0.15, 0.2) is 54.6 Å². The van der Waals surface area contributed by atoms with Crippen LogP contribution in [-0.4, -0.2) is 36.3 Å². The quantitative estimate of drug-likeness (QED) is 0.602. The van der Waals surface area contributed by atoms with Gasteiger partial charge in [-0.3, -0.25) is 14.9 Å². The SMILES string of the molecule is CC(C)NC(=O)NC(=O)COC(=O)c1ccc(C(=O)c2ccccc2)cc1. The van der Waals surface area contributed by atoms with E-state index in [1.165, 1.54) is 24.3 Å². The number of hydrogen-bond acceptors (Lipinski definition) is 5. The summed E-state index contributed by atoms with van der Waals surface area (Å²) in [6, 6.07) is 13.9. The first kappa shape index (κ1) is 19.8. The Labute approximate surface area is 156 Å². The zero-order valence-corrected chi connectivity index (χ0v) is 15.0. The van der Waals surface area contributed by atoms with Crippen LogP contribution in [0, 0.1) is 0 Å². The Morgan fingerprint density at radius 2 is 1.41 bits per heavy atom. The summed E-state index contributed by atoms with van der Waals surface area (Å²) in [5.41, 5.74) is 1.17. The van der Waals surface area contributed by atoms with E-state index in [9.17, 15) is 19.2 Å². The molecule has 7 nitrogen and oxygen atoms in total. The Balaban J connectivity index is 1.89. The van der Waals surface area contributed by atoms with Crippen LogP contribution in [0.1, 0.15) is 40.1 Å². The number of ether oxygens (including phenoxy) is 1. The average molecular weight is 368 g/mol. The molecule has 0 spiro atoms. The molecule has 2 aromatic carbocycles. The van der Waals surface area contributed by atoms with Crippen molar-refractivity contribution in [1.29, 1.82) is 0 Å². The standard InChI is InChI=1S/C20H20N2O5/c1-13(2)21-20(26)22-17(23)12-27-19(25)16-10-8-15(9-11-16)18(24)14-6-4-3-5-7-14/h3-11,13H,12H2,1-2H3,(H2,21,22,23,26). The van der Waals surface area contributed by atoms with Crippen molar-refractivity contribution in [2.75, 3.05) is 6.61 Å². The largest absolute Gasteiger partial charge is 0.452 e. The normalized spacial score (nSPS) is 10.2. The molecular formula is C20H20N2O5. The Morgan fingerprint density at radius 1 is 0.852 bits per heavy atom. The van der Waals surface area contributed by atoms with Gasteiger partial charge in [0.05, 0.1) is 5.56 Å². The van der Waals surface area contributed by atoms with Crippen molar-refractivity contribution < 1.29 is 23.9 Å². The van der Waals surface area contributed by atoms with Crippen LogP contribution in [0.2, 0.25) is 0 Å². The number of amides is 3. The van der Waals surface area contributed by atoms with Crippen LogP contribution in [0.4, 0.5) is 4.79 Å². The molecule has 0 unspecified atom stereocenters. The number of urea groups is 1. The van der Waals surface area contributed by atoms with E-state index in [-0.39, 0.29) is 17.4 Å². The third-order valence-electron chi connectivity index (χ3n) is 3.43. The lowest BCUT2D eigenvalue weighted by atomic mass is 10.0. The molecule has 0 atom stereocenters. The molecule has 0 saturated heterocycles. The van der Waals surface area contributed by atoms with Gasteiger partial charge in [0.15, 0.2) is 12.4 Å². The van der Waals surface area contributed by atoms with Crippen LogP contribution in [0.5, 0.6) is 0 Å². The minimum Gasteiger partial charge on any atom is -0.452 e. The van der Waals surface area contributed by atoms with Gasteiger partial charge in [0.2, 0.25) is 0 Å². The predicted octanol–water partition coefficient (Wildman–Crippen LogP) is 2.31. The Hall–Kier alpha value is -3.48. The molecule has 0 aromatic heterocycles. The molecule has 0 fully saturated rings. The van der Waals surface area contributed by atoms with E-state index >= 15 is 0 Å². The fourth-order valence-electron chi connectivity index (χ4n) is 2.19. The fourth-order valence-corrected chi connectivity index (χ4v) is 2.19. The smallest absolute Gasteiger partial charge is 0.338 e. The number of nitrogens with one attached hydrogen (secondary N) is 2. The van der Waals surface area contributed by atoms with Crippen LogP contribution in [0.25, 0.3) is 0 Å². The maximum Gasteiger partial charge on any atom is 0.338 e. The summed E-state index contributed by atoms with van der Waals surface area (Å²) in [4.78, 5) is 47.2. The molecule has 27 heavy (non-hydrogen) atoms. The second-order valence-electron chi connectivity index (χ2n) is 6.02. The third kappa shape index (κ3) is 6.07. The van der Waals surface area contributed by atoms with Gasteiger partial charge in [-0.2, -0.15) is 0 Å². The van der Waals surface area contributed by atoms with Crippen molar-refractivity contribution in [3.05, 3.63) is 71.3 Å². The van der Waals surface area contributed by atoms with Gasteiger partial charge in [0.1, 0.15) is 0 Å². The number of carbonyl (C=O) groups is 4. The number of carbonyl (C=O) groups excluding carboxylic acids is 4. The minimum absolute atomic E-state index is 0.127. The fraction of sp³-hybridized carbons (Fsp3) is 0.200. The van der Waals surface area contributed by atoms with Gasteiger partial charge in [0, 0.05) is 17.2 Å². The van der Waals surface area contributed by atoms with Crippen molar-refractivity contribution in [2.24, 2.45) is 0 Å². The monoisotopic (exact) mass is 368 g/mol. The second-order valence-corrected chi connectivity index (χ2v) is 6.02. The van der Waals surface area contributed by atoms with Gasteiger partial charge in [-0.1, -0.05) is 42.5 Å². The molecule has 7 heteroatoms. The van der Waals surface area contributed by atoms with E-state index in [0.29, 0.717) is 11.1 Å². The summed E-state index contributed by atoms with van der Waals surface area (Å²) < 4.78 is 4.86. The van der Waals surface area contributed by atoms with Gasteiger partial charge >= 0.3 is 12.0 Å². The maximum absolute atomic E-state index is 12.3. The molecule has 0 aliphatic rings. The molecule has 0 heterocycles. The number of rotatable bonds is 6. The molecule has 2 aromatic rings. The van der Waals surface area contributed by atoms with Crippen LogP contribution >= 0.6 is 0 Å². The van der Waals surface area contributed by atoms with Crippen LogP contribution < -0.4 is 10.6 Å². The first-order valence-corrected chi connectivity index (χ1v) is 8.34. The first-order valence-electron chi connectivity index (χ1n) is 8.34. The van der Waals surface area contributed by atoms with Crippen molar-refractivity contribution >= 4 is 23.7 Å². The minimum atomic E-state index is -0.739. The zero-order chi connectivity index (χ0) is 19.8. The molecule has 0 bridgehead atoms. The van der Waals surface area contributed by atoms with Gasteiger partial charge in [-0.25, -0.2) is 9.59 Å². The van der Waals surface area contributed by atoms with E-state index < -0.39 is 24.5 Å². The van der Waals surface area contributed by atoms with Crippen molar-refractivity contribution in [2.45, 2.75) is 19.9 Å². The van der Waals surface area contributed by atoms with Crippen molar-refractivity contribution in [3.63, 3.8) is 0 Å². The summed E-state index contributed by atoms with van der Waals surface area (Å²) >= 11 is 0. The molecule has 0 saturated carbocycles. The Bertz CT molecular complexity index is 829. The highest BCUT2D eigenvalue weighted by atomic mass is 16.5. The Kier molecular flexibility index (Phi) is 6.82. The van der Waals surface area contributed by atoms with Crippen LogP contribution in [-0.2, 0) is 9.53 Å². The number of hydrogen-bond donors (Lipinski definition) is 2. The summed E-state index contributed by atoms with van der Waals surface area (Å²) in [5, 5.41) is 4.53. The van der Waals surface area contributed by atoms with E-state index in [4.69, 9.17) is 4.74 Å². The highest BCUT2D eigenvalue weighted by Gasteiger charge is 2.14. The first-order chi connectivity index (χ1) is 12.9. The number of benzene rings is 2. The Morgan fingerprint density at radius 3 is 2.00 bits per heavy atom. The summed E-state index contributed by atoms with van der Waals surface area (Å²) in [6.07, 6.45) is 0. The van der Waals surface area contributed by atoms with Gasteiger partial charge in [-0.15, -0.1) is 0 Å². The lowest BCUT2D eigenvalue weighted by Crippen LogP contribution is -2.44. The van der Waals surface area contributed by atoms with Gasteiger partial charge in [0.25, 0.3) is 5.91 Å². The molecule has 2 N–H and O–H groups in total. The molecule has 2 rings (SSSR count). The van der Waals surface area contributed by atoms with Crippen molar-refractivity contribution in [3.8, 4) is 0 Å². The molecule has 0 aliphatic heterocycles. The topological polar surface area (TPSA) is 102 Å². The third-order valence-corrected chi connectivity index (χ3v) is 3.43. The van der Waals surface area contributed by atoms with Crippen molar-refractivity contribution in [1.82, 2.24) is 10.6 Å². The highest BCUT2D eigenvalue weighted by Crippen LogP contribution is 2.11. The van der Waals surface area contributed by atoms with E-state index in [0.717, 1.165) is 0 Å². The second kappa shape index (κ2) is 9.28. The van der Waals surface area contributed by atoms with Gasteiger partial charge in [-0.05, 0) is 26.0 Å². The average Bonchev–Trinajstić information content (AvgIpc) is 2.65. The number of esters is 1. The lowest BCUT2D eigenvalue weighted by molar-refractivity contribution is -0.123. The molecule has 3 amide bonds. The molecule has 0 radical (unpaired) electrons. The number of ketones is 1. The van der Waals surface area contributed by atoms with E-state index in [2.05, 4.69) is 5.32 Å². The van der Waals surface area contributed by atoms with E-state index in [1.807, 2.05) is 11.4 Å². The lowest BCUT2D eigenvalue weighted by Gasteiger charge is -2.09. The summed E-state index contributed by atoms with van der Waals surface area (Å²) in [6.45, 7) is 2.90. The zero-order valence-electron chi connectivity index (χ0n) is 15.0. The number of imide groups is 1. The maximum atomic E-state index is 12.3. The molecular weight excluding hydrogens is 348 g/mol.